The third-order valence-corrected chi connectivity index (χ3v) is 3.23. The van der Waals surface area contributed by atoms with E-state index in [9.17, 15) is 4.79 Å². The van der Waals surface area contributed by atoms with Gasteiger partial charge in [-0.15, -0.1) is 0 Å². The van der Waals surface area contributed by atoms with Crippen LogP contribution in [0.2, 0.25) is 0 Å². The fourth-order valence-corrected chi connectivity index (χ4v) is 2.45. The van der Waals surface area contributed by atoms with Gasteiger partial charge in [-0.25, -0.2) is 0 Å². The average molecular weight is 282 g/mol. The summed E-state index contributed by atoms with van der Waals surface area (Å²) in [7, 11) is 1.61. The number of aromatic amines is 1. The Balaban J connectivity index is 2.82. The molecule has 0 spiro atoms. The van der Waals surface area contributed by atoms with Crippen LogP contribution in [0, 0.1) is 6.92 Å². The van der Waals surface area contributed by atoms with Crippen molar-refractivity contribution in [2.45, 2.75) is 13.8 Å². The summed E-state index contributed by atoms with van der Waals surface area (Å²) >= 11 is 3.42. The van der Waals surface area contributed by atoms with E-state index >= 15 is 0 Å². The Labute approximate surface area is 102 Å². The lowest BCUT2D eigenvalue weighted by atomic mass is 10.1. The fraction of sp³-hybridized carbons (Fsp3) is 0.250. The van der Waals surface area contributed by atoms with Crippen molar-refractivity contribution in [3.63, 3.8) is 0 Å². The first kappa shape index (κ1) is 11.2. The first-order valence-corrected chi connectivity index (χ1v) is 5.70. The van der Waals surface area contributed by atoms with Gasteiger partial charge in [-0.05, 0) is 41.9 Å². The van der Waals surface area contributed by atoms with Crippen molar-refractivity contribution in [3.05, 3.63) is 27.9 Å². The Morgan fingerprint density at radius 3 is 2.69 bits per heavy atom. The fourth-order valence-electron chi connectivity index (χ4n) is 1.94. The van der Waals surface area contributed by atoms with Crippen LogP contribution >= 0.6 is 15.9 Å². The molecule has 0 atom stereocenters. The number of hydrogen-bond donors (Lipinski definition) is 1. The number of aryl methyl sites for hydroxylation is 1. The summed E-state index contributed by atoms with van der Waals surface area (Å²) < 4.78 is 6.10. The minimum atomic E-state index is 0.0631. The molecule has 1 aromatic heterocycles. The minimum Gasteiger partial charge on any atom is -0.496 e. The lowest BCUT2D eigenvalue weighted by Crippen LogP contribution is -1.93. The van der Waals surface area contributed by atoms with Crippen LogP contribution in [0.1, 0.15) is 23.0 Å². The molecule has 0 amide bonds. The highest BCUT2D eigenvalue weighted by Gasteiger charge is 2.14. The molecule has 0 aliphatic heterocycles. The largest absolute Gasteiger partial charge is 0.496 e. The Hall–Kier alpha value is -1.29. The van der Waals surface area contributed by atoms with E-state index in [1.165, 1.54) is 0 Å². The second-order valence-electron chi connectivity index (χ2n) is 3.71. The van der Waals surface area contributed by atoms with Crippen LogP contribution in [0.5, 0.6) is 5.75 Å². The molecule has 1 heterocycles. The zero-order valence-electron chi connectivity index (χ0n) is 9.35. The summed E-state index contributed by atoms with van der Waals surface area (Å²) in [5.74, 6) is 0.794. The molecule has 4 heteroatoms. The molecule has 0 fully saturated rings. The molecule has 0 aliphatic rings. The van der Waals surface area contributed by atoms with Gasteiger partial charge < -0.3 is 9.72 Å². The van der Waals surface area contributed by atoms with Gasteiger partial charge in [0.2, 0.25) is 0 Å². The number of ether oxygens (including phenoxy) is 1. The summed E-state index contributed by atoms with van der Waals surface area (Å²) in [5, 5.41) is 0.907. The van der Waals surface area contributed by atoms with Crippen molar-refractivity contribution in [2.24, 2.45) is 0 Å². The van der Waals surface area contributed by atoms with Crippen molar-refractivity contribution >= 4 is 32.6 Å². The second kappa shape index (κ2) is 3.94. The smallest absolute Gasteiger partial charge is 0.162 e. The number of aromatic nitrogens is 1. The van der Waals surface area contributed by atoms with Crippen LogP contribution in [-0.4, -0.2) is 17.9 Å². The quantitative estimate of drug-likeness (QED) is 0.857. The van der Waals surface area contributed by atoms with E-state index in [4.69, 9.17) is 4.74 Å². The van der Waals surface area contributed by atoms with Gasteiger partial charge in [0, 0.05) is 22.2 Å². The van der Waals surface area contributed by atoms with Crippen LogP contribution in [0.15, 0.2) is 16.6 Å². The van der Waals surface area contributed by atoms with Gasteiger partial charge in [0.15, 0.2) is 5.78 Å². The van der Waals surface area contributed by atoms with Crippen LogP contribution < -0.4 is 4.74 Å². The van der Waals surface area contributed by atoms with Crippen molar-refractivity contribution in [3.8, 4) is 5.75 Å². The number of Topliss-reactive ketones (excluding diaryl/α,β-unsaturated/α-hetero) is 1. The van der Waals surface area contributed by atoms with E-state index < -0.39 is 0 Å². The van der Waals surface area contributed by atoms with E-state index in [1.54, 1.807) is 14.0 Å². The molecule has 16 heavy (non-hydrogen) atoms. The van der Waals surface area contributed by atoms with Crippen LogP contribution in [0.3, 0.4) is 0 Å². The normalized spacial score (nSPS) is 10.8. The van der Waals surface area contributed by atoms with E-state index in [0.717, 1.165) is 32.4 Å². The second-order valence-corrected chi connectivity index (χ2v) is 4.57. The lowest BCUT2D eigenvalue weighted by Gasteiger charge is -2.03. The Kier molecular flexibility index (Phi) is 2.76. The van der Waals surface area contributed by atoms with Crippen molar-refractivity contribution in [2.75, 3.05) is 7.11 Å². The van der Waals surface area contributed by atoms with Crippen molar-refractivity contribution in [1.29, 1.82) is 0 Å². The number of carbonyl (C=O) groups is 1. The maximum atomic E-state index is 11.6. The van der Waals surface area contributed by atoms with Crippen LogP contribution in [0.25, 0.3) is 10.9 Å². The molecular formula is C12H12BrNO2. The Morgan fingerprint density at radius 1 is 1.44 bits per heavy atom. The molecular weight excluding hydrogens is 270 g/mol. The number of benzene rings is 1. The Bertz CT molecular complexity index is 572. The number of halogens is 1. The summed E-state index contributed by atoms with van der Waals surface area (Å²) in [6, 6.07) is 3.80. The number of hydrogen-bond acceptors (Lipinski definition) is 2. The molecule has 2 rings (SSSR count). The predicted octanol–water partition coefficient (Wildman–Crippen LogP) is 3.45. The zero-order valence-corrected chi connectivity index (χ0v) is 10.9. The molecule has 84 valence electrons. The number of nitrogens with one attached hydrogen (secondary N) is 1. The highest BCUT2D eigenvalue weighted by Crippen LogP contribution is 2.33. The van der Waals surface area contributed by atoms with Gasteiger partial charge in [-0.2, -0.15) is 0 Å². The predicted molar refractivity (Wildman–Crippen MR) is 67.3 cm³/mol. The third kappa shape index (κ3) is 1.63. The van der Waals surface area contributed by atoms with E-state index in [0.29, 0.717) is 0 Å². The molecule has 0 aliphatic carbocycles. The van der Waals surface area contributed by atoms with Gasteiger partial charge >= 0.3 is 0 Å². The first-order valence-electron chi connectivity index (χ1n) is 4.91. The highest BCUT2D eigenvalue weighted by molar-refractivity contribution is 9.10. The molecule has 3 nitrogen and oxygen atoms in total. The summed E-state index contributed by atoms with van der Waals surface area (Å²) in [4.78, 5) is 14.7. The molecule has 0 saturated heterocycles. The third-order valence-electron chi connectivity index (χ3n) is 2.61. The number of fused-ring (bicyclic) bond motifs is 1. The first-order chi connectivity index (χ1) is 7.54. The monoisotopic (exact) mass is 281 g/mol. The molecule has 1 aromatic carbocycles. The topological polar surface area (TPSA) is 42.1 Å². The number of rotatable bonds is 2. The molecule has 2 aromatic rings. The summed E-state index contributed by atoms with van der Waals surface area (Å²) in [5.41, 5.74) is 2.57. The maximum absolute atomic E-state index is 11.6. The van der Waals surface area contributed by atoms with Gasteiger partial charge in [0.05, 0.1) is 11.6 Å². The Morgan fingerprint density at radius 2 is 2.12 bits per heavy atom. The molecule has 0 radical (unpaired) electrons. The molecule has 0 unspecified atom stereocenters. The van der Waals surface area contributed by atoms with Gasteiger partial charge in [-0.1, -0.05) is 0 Å². The van der Waals surface area contributed by atoms with Gasteiger partial charge in [0.25, 0.3) is 0 Å². The summed E-state index contributed by atoms with van der Waals surface area (Å²) in [6.07, 6.45) is 0. The number of methoxy groups -OCH3 is 1. The molecule has 1 N–H and O–H groups in total. The SMILES string of the molecule is COc1cc2c(C(C)=O)c(C)[nH]c2cc1Br. The number of carbonyl (C=O) groups excluding carboxylic acids is 1. The highest BCUT2D eigenvalue weighted by atomic mass is 79.9. The summed E-state index contributed by atoms with van der Waals surface area (Å²) in [6.45, 7) is 3.47. The lowest BCUT2D eigenvalue weighted by molar-refractivity contribution is 0.101. The average Bonchev–Trinajstić information content (AvgIpc) is 2.51. The van der Waals surface area contributed by atoms with Crippen molar-refractivity contribution in [1.82, 2.24) is 4.98 Å². The molecule has 0 saturated carbocycles. The molecule has 0 bridgehead atoms. The zero-order chi connectivity index (χ0) is 11.9. The standard InChI is InChI=1S/C12H12BrNO2/c1-6-12(7(2)15)8-4-11(16-3)9(13)5-10(8)14-6/h4-5,14H,1-3H3. The van der Waals surface area contributed by atoms with Gasteiger partial charge in [0.1, 0.15) is 5.75 Å². The van der Waals surface area contributed by atoms with Crippen LogP contribution in [-0.2, 0) is 0 Å². The minimum absolute atomic E-state index is 0.0631. The maximum Gasteiger partial charge on any atom is 0.162 e. The van der Waals surface area contributed by atoms with E-state index in [1.807, 2.05) is 19.1 Å². The number of ketones is 1. The van der Waals surface area contributed by atoms with Crippen LogP contribution in [0.4, 0.5) is 0 Å². The van der Waals surface area contributed by atoms with E-state index in [-0.39, 0.29) is 5.78 Å². The number of H-pyrrole nitrogens is 1. The van der Waals surface area contributed by atoms with Gasteiger partial charge in [-0.3, -0.25) is 4.79 Å². The van der Waals surface area contributed by atoms with Crippen molar-refractivity contribution < 1.29 is 9.53 Å². The van der Waals surface area contributed by atoms with E-state index in [2.05, 4.69) is 20.9 Å².